The molecule has 0 saturated heterocycles. The molecule has 0 bridgehead atoms. The van der Waals surface area contributed by atoms with E-state index in [1.807, 2.05) is 6.92 Å². The van der Waals surface area contributed by atoms with Gasteiger partial charge in [-0.2, -0.15) is 0 Å². The van der Waals surface area contributed by atoms with E-state index < -0.39 is 18.0 Å². The molecule has 0 radical (unpaired) electrons. The van der Waals surface area contributed by atoms with Gasteiger partial charge in [0.2, 0.25) is 11.8 Å². The van der Waals surface area contributed by atoms with E-state index in [-0.39, 0.29) is 41.6 Å². The Morgan fingerprint density at radius 3 is 2.37 bits per heavy atom. The first-order valence-electron chi connectivity index (χ1n) is 12.9. The molecule has 0 aliphatic carbocycles. The molecule has 0 saturated carbocycles. The van der Waals surface area contributed by atoms with Gasteiger partial charge in [-0.05, 0) is 69.4 Å². The van der Waals surface area contributed by atoms with Gasteiger partial charge in [0.15, 0.2) is 17.3 Å². The first-order chi connectivity index (χ1) is 18.0. The Balaban J connectivity index is 1.80. The van der Waals surface area contributed by atoms with Crippen molar-refractivity contribution >= 4 is 17.6 Å². The van der Waals surface area contributed by atoms with E-state index in [0.29, 0.717) is 37.9 Å². The van der Waals surface area contributed by atoms with Crippen LogP contribution in [0.15, 0.2) is 42.5 Å². The molecule has 2 aromatic carbocycles. The molecule has 0 aliphatic rings. The molecular weight excluding hydrogens is 492 g/mol. The van der Waals surface area contributed by atoms with Gasteiger partial charge in [0, 0.05) is 26.1 Å². The van der Waals surface area contributed by atoms with Gasteiger partial charge in [0.05, 0.1) is 12.6 Å². The number of nitrogens with one attached hydrogen (secondary N) is 2. The molecule has 2 rings (SSSR count). The van der Waals surface area contributed by atoms with Crippen molar-refractivity contribution in [2.24, 2.45) is 5.92 Å². The number of Topliss-reactive ketones (excluding diaryl/α,β-unsaturated/α-hetero) is 1. The second kappa shape index (κ2) is 15.2. The van der Waals surface area contributed by atoms with Gasteiger partial charge >= 0.3 is 0 Å². The Kier molecular flexibility index (Phi) is 12.3. The third kappa shape index (κ3) is 9.85. The average molecular weight is 532 g/mol. The first kappa shape index (κ1) is 30.9. The summed E-state index contributed by atoms with van der Waals surface area (Å²) in [7, 11) is 1.58. The maximum atomic E-state index is 14.6. The van der Waals surface area contributed by atoms with Gasteiger partial charge in [-0.3, -0.25) is 14.4 Å². The highest BCUT2D eigenvalue weighted by molar-refractivity contribution is 5.87. The number of likely N-dealkylation sites (N-methyl/N-ethyl adjacent to an activating group) is 1. The van der Waals surface area contributed by atoms with Gasteiger partial charge in [-0.1, -0.05) is 31.2 Å². The molecular formula is C29H39F2N3O4. The van der Waals surface area contributed by atoms with Gasteiger partial charge in [-0.15, -0.1) is 0 Å². The van der Waals surface area contributed by atoms with Crippen molar-refractivity contribution in [1.29, 1.82) is 0 Å². The van der Waals surface area contributed by atoms with Crippen molar-refractivity contribution in [3.05, 3.63) is 65.2 Å². The lowest BCUT2D eigenvalue weighted by Crippen LogP contribution is -2.44. The van der Waals surface area contributed by atoms with E-state index in [9.17, 15) is 23.2 Å². The molecule has 9 heteroatoms. The van der Waals surface area contributed by atoms with Crippen molar-refractivity contribution in [1.82, 2.24) is 15.5 Å². The average Bonchev–Trinajstić information content (AvgIpc) is 2.88. The fraction of sp³-hybridized carbons (Fsp3) is 0.483. The second-order valence-electron chi connectivity index (χ2n) is 9.70. The van der Waals surface area contributed by atoms with E-state index in [2.05, 4.69) is 10.6 Å². The van der Waals surface area contributed by atoms with Crippen LogP contribution in [-0.4, -0.2) is 61.3 Å². The smallest absolute Gasteiger partial charge is 0.236 e. The van der Waals surface area contributed by atoms with Crippen molar-refractivity contribution in [3.63, 3.8) is 0 Å². The highest BCUT2D eigenvalue weighted by atomic mass is 19.1. The summed E-state index contributed by atoms with van der Waals surface area (Å²) in [5.74, 6) is -1.30. The van der Waals surface area contributed by atoms with E-state index in [1.165, 1.54) is 30.0 Å². The van der Waals surface area contributed by atoms with E-state index >= 15 is 0 Å². The fourth-order valence-corrected chi connectivity index (χ4v) is 3.85. The Morgan fingerprint density at radius 2 is 1.71 bits per heavy atom. The number of para-hydroxylation sites is 1. The van der Waals surface area contributed by atoms with Crippen LogP contribution in [0.5, 0.6) is 5.75 Å². The number of halogens is 2. The van der Waals surface area contributed by atoms with E-state index in [1.54, 1.807) is 45.2 Å². The molecule has 3 atom stereocenters. The minimum atomic E-state index is -0.498. The van der Waals surface area contributed by atoms with E-state index in [0.717, 1.165) is 5.56 Å². The second-order valence-corrected chi connectivity index (χ2v) is 9.70. The number of nitrogens with zero attached hydrogens (tertiary/aromatic N) is 1. The van der Waals surface area contributed by atoms with E-state index in [4.69, 9.17) is 4.74 Å². The van der Waals surface area contributed by atoms with Crippen LogP contribution in [0.25, 0.3) is 0 Å². The number of hydrogen-bond donors (Lipinski definition) is 2. The number of rotatable bonds is 15. The molecule has 0 unspecified atom stereocenters. The summed E-state index contributed by atoms with van der Waals surface area (Å²) in [6.45, 7) is 7.48. The zero-order valence-corrected chi connectivity index (χ0v) is 22.9. The number of carbonyl (C=O) groups is 3. The highest BCUT2D eigenvalue weighted by Crippen LogP contribution is 2.25. The molecule has 2 N–H and O–H groups in total. The topological polar surface area (TPSA) is 87.7 Å². The molecule has 2 amide bonds. The Bertz CT molecular complexity index is 1080. The van der Waals surface area contributed by atoms with Crippen LogP contribution in [0.3, 0.4) is 0 Å². The van der Waals surface area contributed by atoms with Crippen molar-refractivity contribution < 1.29 is 27.9 Å². The Labute approximate surface area is 223 Å². The van der Waals surface area contributed by atoms with Crippen molar-refractivity contribution in [2.75, 3.05) is 26.7 Å². The van der Waals surface area contributed by atoms with Crippen LogP contribution in [0.4, 0.5) is 8.78 Å². The van der Waals surface area contributed by atoms with Crippen LogP contribution in [-0.2, 0) is 27.2 Å². The molecule has 0 spiro atoms. The third-order valence-corrected chi connectivity index (χ3v) is 6.46. The molecule has 7 nitrogen and oxygen atoms in total. The lowest BCUT2D eigenvalue weighted by atomic mass is 10.0. The predicted molar refractivity (Wildman–Crippen MR) is 143 cm³/mol. The predicted octanol–water partition coefficient (Wildman–Crippen LogP) is 3.69. The van der Waals surface area contributed by atoms with Gasteiger partial charge in [0.1, 0.15) is 11.9 Å². The summed E-state index contributed by atoms with van der Waals surface area (Å²) >= 11 is 0. The number of hydrogen-bond acceptors (Lipinski definition) is 5. The molecule has 2 aromatic rings. The summed E-state index contributed by atoms with van der Waals surface area (Å²) < 4.78 is 33.5. The summed E-state index contributed by atoms with van der Waals surface area (Å²) in [5, 5.41) is 5.91. The Hall–Kier alpha value is -3.33. The molecule has 0 fully saturated rings. The minimum absolute atomic E-state index is 0.0330. The van der Waals surface area contributed by atoms with Crippen molar-refractivity contribution in [2.45, 2.75) is 59.1 Å². The molecule has 0 heterocycles. The highest BCUT2D eigenvalue weighted by Gasteiger charge is 2.20. The van der Waals surface area contributed by atoms with Crippen LogP contribution in [0.2, 0.25) is 0 Å². The monoisotopic (exact) mass is 531 g/mol. The summed E-state index contributed by atoms with van der Waals surface area (Å²) in [6.07, 6.45) is 1.20. The maximum absolute atomic E-state index is 14.6. The molecule has 0 aliphatic heterocycles. The summed E-state index contributed by atoms with van der Waals surface area (Å²) in [5.41, 5.74) is 1.58. The lowest BCUT2D eigenvalue weighted by Gasteiger charge is -2.23. The Morgan fingerprint density at radius 1 is 1.03 bits per heavy atom. The zero-order valence-electron chi connectivity index (χ0n) is 22.9. The molecule has 208 valence electrons. The van der Waals surface area contributed by atoms with Crippen LogP contribution in [0.1, 0.15) is 45.2 Å². The summed E-state index contributed by atoms with van der Waals surface area (Å²) in [6, 6.07) is 10.4. The number of amides is 2. The standard InChI is InChI=1S/C29H39F2N3O4/c1-19(16-23-11-13-25(30)14-12-23)29(37)33-15-7-9-24-8-6-10-26(31)28(24)38-20(2)17-32-18-27(36)34(5)21(3)22(4)35/h6,8,10-14,19-21,32H,7,9,15-18H2,1-5H3,(H,33,37)/t19-,20-,21-/m1/s1. The normalized spacial score (nSPS) is 13.3. The van der Waals surface area contributed by atoms with Gasteiger partial charge in [-0.25, -0.2) is 8.78 Å². The molecule has 0 aromatic heterocycles. The SMILES string of the molecule is CC(=O)[C@@H](C)N(C)C(=O)CNC[C@@H](C)Oc1c(F)cccc1CCCNC(=O)[C@H](C)Cc1ccc(F)cc1. The number of benzene rings is 2. The third-order valence-electron chi connectivity index (χ3n) is 6.46. The lowest BCUT2D eigenvalue weighted by molar-refractivity contribution is -0.136. The molecule has 38 heavy (non-hydrogen) atoms. The number of carbonyl (C=O) groups excluding carboxylic acids is 3. The zero-order chi connectivity index (χ0) is 28.2. The minimum Gasteiger partial charge on any atom is -0.486 e. The fourth-order valence-electron chi connectivity index (χ4n) is 3.85. The van der Waals surface area contributed by atoms with Crippen LogP contribution < -0.4 is 15.4 Å². The van der Waals surface area contributed by atoms with Gasteiger partial charge < -0.3 is 20.3 Å². The largest absolute Gasteiger partial charge is 0.486 e. The van der Waals surface area contributed by atoms with Gasteiger partial charge in [0.25, 0.3) is 0 Å². The quantitative estimate of drug-likeness (QED) is 0.343. The summed E-state index contributed by atoms with van der Waals surface area (Å²) in [4.78, 5) is 37.5. The van der Waals surface area contributed by atoms with Crippen LogP contribution in [0, 0.1) is 17.6 Å². The number of ketones is 1. The number of ether oxygens (including phenoxy) is 1. The maximum Gasteiger partial charge on any atom is 0.236 e. The van der Waals surface area contributed by atoms with Crippen LogP contribution >= 0.6 is 0 Å². The number of aryl methyl sites for hydroxylation is 1. The first-order valence-corrected chi connectivity index (χ1v) is 12.9. The van der Waals surface area contributed by atoms with Crippen molar-refractivity contribution in [3.8, 4) is 5.75 Å².